The number of carboxylic acid groups (broad SMARTS) is 1. The zero-order valence-electron chi connectivity index (χ0n) is 10.5. The van der Waals surface area contributed by atoms with Gasteiger partial charge in [0, 0.05) is 11.8 Å². The first-order valence-electron chi connectivity index (χ1n) is 5.81. The standard InChI is InChI=1S/C14H9ClF3NO2/c15-11-5-9(6-12(20)21)13(19-7-11)8-2-1-3-10(4-8)14(16,17)18/h1-5,7H,6H2,(H,20,21). The van der Waals surface area contributed by atoms with Gasteiger partial charge in [0.2, 0.25) is 0 Å². The largest absolute Gasteiger partial charge is 0.481 e. The number of carbonyl (C=O) groups is 1. The lowest BCUT2D eigenvalue weighted by molar-refractivity contribution is -0.138. The molecule has 0 aliphatic heterocycles. The van der Waals surface area contributed by atoms with Crippen LogP contribution in [0.15, 0.2) is 36.5 Å². The van der Waals surface area contributed by atoms with Gasteiger partial charge in [0.15, 0.2) is 0 Å². The molecule has 21 heavy (non-hydrogen) atoms. The summed E-state index contributed by atoms with van der Waals surface area (Å²) in [7, 11) is 0. The minimum Gasteiger partial charge on any atom is -0.481 e. The molecule has 0 spiro atoms. The van der Waals surface area contributed by atoms with E-state index in [1.165, 1.54) is 24.4 Å². The van der Waals surface area contributed by atoms with Crippen LogP contribution in [0.4, 0.5) is 13.2 Å². The lowest BCUT2D eigenvalue weighted by Gasteiger charge is -2.11. The number of aromatic nitrogens is 1. The van der Waals surface area contributed by atoms with Crippen molar-refractivity contribution in [3.63, 3.8) is 0 Å². The second-order valence-corrected chi connectivity index (χ2v) is 4.75. The highest BCUT2D eigenvalue weighted by molar-refractivity contribution is 6.30. The van der Waals surface area contributed by atoms with E-state index in [0.29, 0.717) is 0 Å². The Morgan fingerprint density at radius 2 is 2.00 bits per heavy atom. The second-order valence-electron chi connectivity index (χ2n) is 4.31. The number of halogens is 4. The van der Waals surface area contributed by atoms with Crippen LogP contribution in [0.2, 0.25) is 5.02 Å². The topological polar surface area (TPSA) is 50.2 Å². The van der Waals surface area contributed by atoms with Gasteiger partial charge in [0.25, 0.3) is 0 Å². The van der Waals surface area contributed by atoms with Crippen LogP contribution in [0, 0.1) is 0 Å². The maximum absolute atomic E-state index is 12.7. The van der Waals surface area contributed by atoms with Crippen LogP contribution >= 0.6 is 11.6 Å². The Hall–Kier alpha value is -2.08. The Morgan fingerprint density at radius 1 is 1.29 bits per heavy atom. The fourth-order valence-corrected chi connectivity index (χ4v) is 2.06. The summed E-state index contributed by atoms with van der Waals surface area (Å²) < 4.78 is 38.2. The molecular weight excluding hydrogens is 307 g/mol. The molecule has 1 aromatic heterocycles. The fourth-order valence-electron chi connectivity index (χ4n) is 1.88. The summed E-state index contributed by atoms with van der Waals surface area (Å²) in [6, 6.07) is 5.95. The molecular formula is C14H9ClF3NO2. The van der Waals surface area contributed by atoms with E-state index < -0.39 is 17.7 Å². The molecule has 0 saturated carbocycles. The van der Waals surface area contributed by atoms with Gasteiger partial charge in [-0.15, -0.1) is 0 Å². The van der Waals surface area contributed by atoms with Crippen LogP contribution in [-0.2, 0) is 17.4 Å². The summed E-state index contributed by atoms with van der Waals surface area (Å²) >= 11 is 5.76. The first kappa shape index (κ1) is 15.3. The third kappa shape index (κ3) is 3.72. The maximum Gasteiger partial charge on any atom is 0.416 e. The second kappa shape index (κ2) is 5.73. The Balaban J connectivity index is 2.54. The number of rotatable bonds is 3. The maximum atomic E-state index is 12.7. The third-order valence-electron chi connectivity index (χ3n) is 2.74. The zero-order valence-corrected chi connectivity index (χ0v) is 11.2. The fraction of sp³-hybridized carbons (Fsp3) is 0.143. The van der Waals surface area contributed by atoms with Gasteiger partial charge in [-0.1, -0.05) is 23.7 Å². The zero-order chi connectivity index (χ0) is 15.6. The summed E-state index contributed by atoms with van der Waals surface area (Å²) in [5, 5.41) is 9.09. The van der Waals surface area contributed by atoms with Crippen molar-refractivity contribution in [3.8, 4) is 11.3 Å². The number of aliphatic carboxylic acids is 1. The third-order valence-corrected chi connectivity index (χ3v) is 2.94. The predicted octanol–water partition coefficient (Wildman–Crippen LogP) is 4.05. The molecule has 0 atom stereocenters. The van der Waals surface area contributed by atoms with Crippen molar-refractivity contribution in [3.05, 3.63) is 52.7 Å². The molecule has 0 aliphatic carbocycles. The van der Waals surface area contributed by atoms with Gasteiger partial charge in [-0.25, -0.2) is 0 Å². The van der Waals surface area contributed by atoms with Crippen molar-refractivity contribution in [1.29, 1.82) is 0 Å². The van der Waals surface area contributed by atoms with Gasteiger partial charge in [-0.3, -0.25) is 9.78 Å². The molecule has 7 heteroatoms. The van der Waals surface area contributed by atoms with E-state index in [1.54, 1.807) is 0 Å². The molecule has 1 heterocycles. The first-order chi connectivity index (χ1) is 9.77. The van der Waals surface area contributed by atoms with Crippen molar-refractivity contribution < 1.29 is 23.1 Å². The van der Waals surface area contributed by atoms with E-state index in [-0.39, 0.29) is 28.3 Å². The van der Waals surface area contributed by atoms with Crippen LogP contribution in [0.25, 0.3) is 11.3 Å². The summed E-state index contributed by atoms with van der Waals surface area (Å²) in [5.41, 5.74) is -0.196. The van der Waals surface area contributed by atoms with E-state index >= 15 is 0 Å². The minimum absolute atomic E-state index is 0.174. The normalized spacial score (nSPS) is 11.4. The van der Waals surface area contributed by atoms with E-state index in [2.05, 4.69) is 4.98 Å². The summed E-state index contributed by atoms with van der Waals surface area (Å²) in [5.74, 6) is -1.12. The molecule has 0 saturated heterocycles. The highest BCUT2D eigenvalue weighted by Crippen LogP contribution is 2.33. The van der Waals surface area contributed by atoms with Gasteiger partial charge < -0.3 is 5.11 Å². The Kier molecular flexibility index (Phi) is 4.18. The van der Waals surface area contributed by atoms with Crippen molar-refractivity contribution in [1.82, 2.24) is 4.98 Å². The molecule has 2 aromatic rings. The van der Waals surface area contributed by atoms with Gasteiger partial charge >= 0.3 is 12.1 Å². The molecule has 0 amide bonds. The highest BCUT2D eigenvalue weighted by atomic mass is 35.5. The Labute approximate surface area is 123 Å². The smallest absolute Gasteiger partial charge is 0.416 e. The quantitative estimate of drug-likeness (QED) is 0.929. The molecule has 0 unspecified atom stereocenters. The number of nitrogens with zero attached hydrogens (tertiary/aromatic N) is 1. The van der Waals surface area contributed by atoms with E-state index in [0.717, 1.165) is 12.1 Å². The number of benzene rings is 1. The van der Waals surface area contributed by atoms with E-state index in [1.807, 2.05) is 0 Å². The van der Waals surface area contributed by atoms with Crippen LogP contribution in [0.1, 0.15) is 11.1 Å². The summed E-state index contributed by atoms with van der Waals surface area (Å²) in [6.07, 6.45) is -3.59. The van der Waals surface area contributed by atoms with Gasteiger partial charge in [0.1, 0.15) is 0 Å². The van der Waals surface area contributed by atoms with Crippen molar-refractivity contribution in [2.75, 3.05) is 0 Å². The lowest BCUT2D eigenvalue weighted by Crippen LogP contribution is -2.06. The number of pyridine rings is 1. The molecule has 0 fully saturated rings. The minimum atomic E-state index is -4.48. The summed E-state index contributed by atoms with van der Waals surface area (Å²) in [4.78, 5) is 14.8. The SMILES string of the molecule is O=C(O)Cc1cc(Cl)cnc1-c1cccc(C(F)(F)F)c1. The molecule has 2 rings (SSSR count). The summed E-state index contributed by atoms with van der Waals surface area (Å²) in [6.45, 7) is 0. The molecule has 1 aromatic carbocycles. The average Bonchev–Trinajstić information content (AvgIpc) is 2.37. The van der Waals surface area contributed by atoms with Gasteiger partial charge in [-0.05, 0) is 23.8 Å². The Morgan fingerprint density at radius 3 is 2.62 bits per heavy atom. The van der Waals surface area contributed by atoms with Crippen molar-refractivity contribution in [2.24, 2.45) is 0 Å². The van der Waals surface area contributed by atoms with Crippen molar-refractivity contribution >= 4 is 17.6 Å². The van der Waals surface area contributed by atoms with E-state index in [4.69, 9.17) is 16.7 Å². The van der Waals surface area contributed by atoms with E-state index in [9.17, 15) is 18.0 Å². The molecule has 1 N–H and O–H groups in total. The highest BCUT2D eigenvalue weighted by Gasteiger charge is 2.30. The van der Waals surface area contributed by atoms with Crippen LogP contribution in [0.5, 0.6) is 0 Å². The van der Waals surface area contributed by atoms with Crippen LogP contribution in [-0.4, -0.2) is 16.1 Å². The predicted molar refractivity (Wildman–Crippen MR) is 71.0 cm³/mol. The molecule has 0 aliphatic rings. The van der Waals surface area contributed by atoms with Crippen molar-refractivity contribution in [2.45, 2.75) is 12.6 Å². The van der Waals surface area contributed by atoms with Gasteiger partial charge in [0.05, 0.1) is 22.7 Å². The Bertz CT molecular complexity index is 686. The van der Waals surface area contributed by atoms with Crippen LogP contribution in [0.3, 0.4) is 0 Å². The van der Waals surface area contributed by atoms with Gasteiger partial charge in [-0.2, -0.15) is 13.2 Å². The number of carboxylic acids is 1. The lowest BCUT2D eigenvalue weighted by atomic mass is 10.0. The number of hydrogen-bond donors (Lipinski definition) is 1. The molecule has 3 nitrogen and oxygen atoms in total. The molecule has 0 bridgehead atoms. The van der Waals surface area contributed by atoms with Crippen LogP contribution < -0.4 is 0 Å². The first-order valence-corrected chi connectivity index (χ1v) is 6.19. The monoisotopic (exact) mass is 315 g/mol. The number of alkyl halides is 3. The average molecular weight is 316 g/mol. The molecule has 0 radical (unpaired) electrons. The number of hydrogen-bond acceptors (Lipinski definition) is 2. The molecule has 110 valence electrons.